The first-order valence-electron chi connectivity index (χ1n) is 8.88. The number of rotatable bonds is 3. The number of hydrogen-bond acceptors (Lipinski definition) is 5. The van der Waals surface area contributed by atoms with E-state index in [1.54, 1.807) is 11.3 Å². The number of hydrogen-bond donors (Lipinski definition) is 0. The maximum absolute atomic E-state index is 4.79. The topological polar surface area (TPSA) is 60.4 Å². The van der Waals surface area contributed by atoms with Gasteiger partial charge in [-0.3, -0.25) is 4.40 Å². The van der Waals surface area contributed by atoms with Crippen molar-refractivity contribution in [3.05, 3.63) is 59.9 Å². The second kappa shape index (κ2) is 5.99. The molecule has 0 aliphatic heterocycles. The molecule has 0 saturated heterocycles. The lowest BCUT2D eigenvalue weighted by Crippen LogP contribution is -1.96. The van der Waals surface area contributed by atoms with Crippen molar-refractivity contribution in [1.29, 1.82) is 0 Å². The van der Waals surface area contributed by atoms with Crippen molar-refractivity contribution < 1.29 is 0 Å². The summed E-state index contributed by atoms with van der Waals surface area (Å²) in [7, 11) is 0. The zero-order chi connectivity index (χ0) is 18.5. The van der Waals surface area contributed by atoms with Crippen molar-refractivity contribution in [2.75, 3.05) is 0 Å². The van der Waals surface area contributed by atoms with Crippen LogP contribution in [0.2, 0.25) is 0 Å². The van der Waals surface area contributed by atoms with E-state index in [0.717, 1.165) is 32.6 Å². The Morgan fingerprint density at radius 3 is 2.59 bits per heavy atom. The van der Waals surface area contributed by atoms with Crippen LogP contribution in [-0.2, 0) is 0 Å². The Kier molecular flexibility index (Phi) is 3.58. The largest absolute Gasteiger partial charge is 0.297 e. The molecule has 5 rings (SSSR count). The number of aryl methyl sites for hydroxylation is 1. The molecule has 0 amide bonds. The molecule has 5 aromatic rings. The van der Waals surface area contributed by atoms with Gasteiger partial charge in [0.1, 0.15) is 16.3 Å². The van der Waals surface area contributed by atoms with Crippen LogP contribution in [0.1, 0.15) is 31.0 Å². The van der Waals surface area contributed by atoms with Crippen LogP contribution in [0.3, 0.4) is 0 Å². The first-order valence-corrected chi connectivity index (χ1v) is 9.70. The highest BCUT2D eigenvalue weighted by Gasteiger charge is 2.20. The molecule has 0 saturated carbocycles. The summed E-state index contributed by atoms with van der Waals surface area (Å²) in [4.78, 5) is 5.40. The molecule has 1 aromatic carbocycles. The van der Waals surface area contributed by atoms with Crippen LogP contribution in [0.5, 0.6) is 0 Å². The first kappa shape index (κ1) is 16.1. The second-order valence-corrected chi connectivity index (χ2v) is 7.83. The third-order valence-electron chi connectivity index (χ3n) is 4.73. The van der Waals surface area contributed by atoms with Crippen molar-refractivity contribution in [3.63, 3.8) is 0 Å². The van der Waals surface area contributed by atoms with E-state index in [4.69, 9.17) is 5.10 Å². The monoisotopic (exact) mass is 374 g/mol. The molecular formula is C20H18N6S. The van der Waals surface area contributed by atoms with Crippen LogP contribution in [0.25, 0.3) is 32.7 Å². The van der Waals surface area contributed by atoms with E-state index in [-0.39, 0.29) is 0 Å². The number of benzene rings is 1. The van der Waals surface area contributed by atoms with Crippen LogP contribution in [0.15, 0.2) is 48.7 Å². The first-order chi connectivity index (χ1) is 13.1. The van der Waals surface area contributed by atoms with Gasteiger partial charge in [-0.2, -0.15) is 9.61 Å². The minimum Gasteiger partial charge on any atom is -0.297 e. The van der Waals surface area contributed by atoms with Crippen LogP contribution >= 0.6 is 11.3 Å². The number of pyridine rings is 1. The molecule has 0 radical (unpaired) electrons. The Bertz CT molecular complexity index is 1260. The zero-order valence-electron chi connectivity index (χ0n) is 15.3. The van der Waals surface area contributed by atoms with Crippen LogP contribution in [-0.4, -0.2) is 29.2 Å². The van der Waals surface area contributed by atoms with E-state index in [0.29, 0.717) is 11.7 Å². The quantitative estimate of drug-likeness (QED) is 0.463. The van der Waals surface area contributed by atoms with E-state index < -0.39 is 0 Å². The van der Waals surface area contributed by atoms with Gasteiger partial charge in [-0.15, -0.1) is 10.2 Å². The summed E-state index contributed by atoms with van der Waals surface area (Å²) in [5, 5.41) is 14.4. The third kappa shape index (κ3) is 2.54. The zero-order valence-corrected chi connectivity index (χ0v) is 16.1. The predicted molar refractivity (Wildman–Crippen MR) is 107 cm³/mol. The van der Waals surface area contributed by atoms with Crippen molar-refractivity contribution in [2.45, 2.75) is 26.7 Å². The molecule has 7 heteroatoms. The maximum Gasteiger partial charge on any atom is 0.235 e. The fourth-order valence-corrected chi connectivity index (χ4v) is 4.12. The van der Waals surface area contributed by atoms with Crippen LogP contribution in [0.4, 0.5) is 0 Å². The molecule has 134 valence electrons. The highest BCUT2D eigenvalue weighted by atomic mass is 32.1. The van der Waals surface area contributed by atoms with Crippen molar-refractivity contribution in [3.8, 4) is 22.1 Å². The molecule has 4 heterocycles. The van der Waals surface area contributed by atoms with Gasteiger partial charge in [0.25, 0.3) is 0 Å². The van der Waals surface area contributed by atoms with Crippen LogP contribution in [0, 0.1) is 6.92 Å². The highest BCUT2D eigenvalue weighted by Crippen LogP contribution is 2.30. The van der Waals surface area contributed by atoms with Crippen molar-refractivity contribution in [2.24, 2.45) is 0 Å². The number of aromatic nitrogens is 6. The smallest absolute Gasteiger partial charge is 0.235 e. The van der Waals surface area contributed by atoms with E-state index in [1.807, 2.05) is 40.2 Å². The summed E-state index contributed by atoms with van der Waals surface area (Å²) in [6.07, 6.45) is 1.99. The molecule has 27 heavy (non-hydrogen) atoms. The fraction of sp³-hybridized carbons (Fsp3) is 0.200. The lowest BCUT2D eigenvalue weighted by molar-refractivity contribution is 0.867. The molecule has 0 spiro atoms. The molecule has 0 fully saturated rings. The van der Waals surface area contributed by atoms with Gasteiger partial charge in [0.15, 0.2) is 0 Å². The minimum absolute atomic E-state index is 0.515. The van der Waals surface area contributed by atoms with E-state index in [9.17, 15) is 0 Å². The number of nitrogens with zero attached hydrogens (tertiary/aromatic N) is 6. The van der Waals surface area contributed by atoms with E-state index >= 15 is 0 Å². The summed E-state index contributed by atoms with van der Waals surface area (Å²) >= 11 is 1.54. The van der Waals surface area contributed by atoms with Crippen molar-refractivity contribution >= 4 is 21.9 Å². The lowest BCUT2D eigenvalue weighted by Gasteiger charge is -2.05. The molecule has 0 atom stereocenters. The SMILES string of the molecule is Cc1nc2ccccn2c1-c1nnc2sc(-c3ccc(C(C)C)cc3)nn12. The van der Waals surface area contributed by atoms with E-state index in [2.05, 4.69) is 53.3 Å². The van der Waals surface area contributed by atoms with Gasteiger partial charge < -0.3 is 0 Å². The average Bonchev–Trinajstić information content (AvgIpc) is 3.33. The van der Waals surface area contributed by atoms with Gasteiger partial charge >= 0.3 is 0 Å². The highest BCUT2D eigenvalue weighted by molar-refractivity contribution is 7.19. The fourth-order valence-electron chi connectivity index (χ4n) is 3.27. The predicted octanol–water partition coefficient (Wildman–Crippen LogP) is 4.60. The molecule has 0 aliphatic rings. The summed E-state index contributed by atoms with van der Waals surface area (Å²) < 4.78 is 3.85. The number of imidazole rings is 1. The molecule has 0 N–H and O–H groups in total. The van der Waals surface area contributed by atoms with Gasteiger partial charge in [-0.1, -0.05) is 55.5 Å². The summed E-state index contributed by atoms with van der Waals surface area (Å²) in [6, 6.07) is 14.5. The van der Waals surface area contributed by atoms with Gasteiger partial charge in [0, 0.05) is 11.8 Å². The molecule has 0 unspecified atom stereocenters. The summed E-state index contributed by atoms with van der Waals surface area (Å²) in [5.74, 6) is 1.23. The van der Waals surface area contributed by atoms with Gasteiger partial charge in [-0.25, -0.2) is 4.98 Å². The maximum atomic E-state index is 4.79. The molecule has 0 bridgehead atoms. The van der Waals surface area contributed by atoms with Crippen molar-refractivity contribution in [1.82, 2.24) is 29.2 Å². The number of fused-ring (bicyclic) bond motifs is 2. The second-order valence-electron chi connectivity index (χ2n) is 6.88. The van der Waals surface area contributed by atoms with Gasteiger partial charge in [-0.05, 0) is 30.5 Å². The Hall–Kier alpha value is -3.06. The van der Waals surface area contributed by atoms with E-state index in [1.165, 1.54) is 5.56 Å². The lowest BCUT2D eigenvalue weighted by atomic mass is 10.0. The summed E-state index contributed by atoms with van der Waals surface area (Å²) in [6.45, 7) is 6.38. The third-order valence-corrected chi connectivity index (χ3v) is 5.68. The molecule has 4 aromatic heterocycles. The Balaban J connectivity index is 1.64. The Labute approximate surface area is 160 Å². The molecule has 0 aliphatic carbocycles. The molecule has 6 nitrogen and oxygen atoms in total. The Morgan fingerprint density at radius 1 is 1.00 bits per heavy atom. The molecular weight excluding hydrogens is 356 g/mol. The normalized spacial score (nSPS) is 11.9. The summed E-state index contributed by atoms with van der Waals surface area (Å²) in [5.41, 5.74) is 5.14. The standard InChI is InChI=1S/C20H18N6S/c1-12(2)14-7-9-15(10-8-14)19-24-26-18(22-23-20(26)27-19)17-13(3)21-16-6-4-5-11-25(16)17/h4-12H,1-3H3. The average molecular weight is 374 g/mol. The minimum atomic E-state index is 0.515. The Morgan fingerprint density at radius 2 is 1.81 bits per heavy atom. The van der Waals surface area contributed by atoms with Crippen LogP contribution < -0.4 is 0 Å². The van der Waals surface area contributed by atoms with Gasteiger partial charge in [0.2, 0.25) is 10.8 Å². The van der Waals surface area contributed by atoms with Gasteiger partial charge in [0.05, 0.1) is 5.69 Å².